The minimum absolute atomic E-state index is 0.102. The predicted octanol–water partition coefficient (Wildman–Crippen LogP) is 6.10. The average molecular weight is 524 g/mol. The predicted molar refractivity (Wildman–Crippen MR) is 141 cm³/mol. The molecule has 0 radical (unpaired) electrons. The molecule has 0 bridgehead atoms. The number of carbonyl (C=O) groups excluding carboxylic acids is 2. The zero-order valence-corrected chi connectivity index (χ0v) is 22.0. The van der Waals surface area contributed by atoms with Gasteiger partial charge in [0, 0.05) is 28.4 Å². The largest absolute Gasteiger partial charge is 0.497 e. The van der Waals surface area contributed by atoms with E-state index >= 15 is 0 Å². The van der Waals surface area contributed by atoms with Gasteiger partial charge in [-0.15, -0.1) is 11.8 Å². The van der Waals surface area contributed by atoms with E-state index in [9.17, 15) is 9.59 Å². The number of ether oxygens (including phenoxy) is 1. The van der Waals surface area contributed by atoms with E-state index in [1.165, 1.54) is 18.2 Å². The van der Waals surface area contributed by atoms with Crippen LogP contribution < -0.4 is 10.1 Å². The van der Waals surface area contributed by atoms with Crippen LogP contribution in [0.15, 0.2) is 42.5 Å². The first-order valence-electron chi connectivity index (χ1n) is 11.6. The summed E-state index contributed by atoms with van der Waals surface area (Å²) in [6, 6.07) is 12.5. The van der Waals surface area contributed by atoms with Gasteiger partial charge in [-0.05, 0) is 55.2 Å². The third kappa shape index (κ3) is 7.56. The Balaban J connectivity index is 1.68. The molecule has 0 aromatic heterocycles. The normalized spacial score (nSPS) is 14.9. The maximum absolute atomic E-state index is 13.3. The Bertz CT molecular complexity index is 945. The van der Waals surface area contributed by atoms with Crippen LogP contribution >= 0.6 is 35.0 Å². The Kier molecular flexibility index (Phi) is 10.4. The van der Waals surface area contributed by atoms with Crippen LogP contribution in [0.3, 0.4) is 0 Å². The fourth-order valence-corrected chi connectivity index (χ4v) is 5.72. The van der Waals surface area contributed by atoms with Crippen molar-refractivity contribution in [2.24, 2.45) is 0 Å². The van der Waals surface area contributed by atoms with Gasteiger partial charge in [-0.1, -0.05) is 60.7 Å². The first-order valence-corrected chi connectivity index (χ1v) is 13.5. The molecule has 2 aromatic rings. The first-order chi connectivity index (χ1) is 16.4. The van der Waals surface area contributed by atoms with Crippen molar-refractivity contribution in [1.82, 2.24) is 10.2 Å². The molecule has 5 nitrogen and oxygen atoms in total. The van der Waals surface area contributed by atoms with Crippen LogP contribution in [0.25, 0.3) is 0 Å². The van der Waals surface area contributed by atoms with Gasteiger partial charge in [0.1, 0.15) is 11.8 Å². The summed E-state index contributed by atoms with van der Waals surface area (Å²) in [5, 5.41) is 4.33. The van der Waals surface area contributed by atoms with E-state index in [0.717, 1.165) is 42.6 Å². The highest BCUT2D eigenvalue weighted by atomic mass is 35.5. The molecule has 1 N–H and O–H groups in total. The Morgan fingerprint density at radius 1 is 1.09 bits per heavy atom. The number of nitrogens with one attached hydrogen (secondary N) is 1. The van der Waals surface area contributed by atoms with Crippen LogP contribution in [0.1, 0.15) is 50.2 Å². The highest BCUT2D eigenvalue weighted by molar-refractivity contribution is 7.99. The van der Waals surface area contributed by atoms with E-state index in [2.05, 4.69) is 5.32 Å². The van der Waals surface area contributed by atoms with Crippen LogP contribution in [-0.2, 0) is 21.9 Å². The van der Waals surface area contributed by atoms with Gasteiger partial charge in [0.05, 0.1) is 12.9 Å². The number of hydrogen-bond acceptors (Lipinski definition) is 4. The molecule has 0 heterocycles. The highest BCUT2D eigenvalue weighted by Crippen LogP contribution is 2.28. The van der Waals surface area contributed by atoms with Crippen LogP contribution in [0.2, 0.25) is 10.0 Å². The monoisotopic (exact) mass is 522 g/mol. The molecular formula is C26H32Cl2N2O3S. The molecule has 8 heteroatoms. The molecule has 2 aromatic carbocycles. The van der Waals surface area contributed by atoms with E-state index in [-0.39, 0.29) is 23.6 Å². The second kappa shape index (κ2) is 13.3. The molecule has 0 saturated heterocycles. The maximum Gasteiger partial charge on any atom is 0.242 e. The van der Waals surface area contributed by atoms with Crippen molar-refractivity contribution >= 4 is 46.8 Å². The van der Waals surface area contributed by atoms with Gasteiger partial charge in [-0.2, -0.15) is 0 Å². The van der Waals surface area contributed by atoms with E-state index in [1.807, 2.05) is 24.3 Å². The Morgan fingerprint density at radius 2 is 1.74 bits per heavy atom. The standard InChI is InChI=1S/C26H32Cl2N2O3S/c1-18(26(32)29-20-7-4-3-5-8-20)30(15-19-11-13-21(33-2)14-12-19)25(31)17-34-16-22-23(27)9-6-10-24(22)28/h6,9-14,18,20H,3-5,7-8,15-17H2,1-2H3,(H,29,32)/t18-/m0/s1. The lowest BCUT2D eigenvalue weighted by Gasteiger charge is -2.31. The Morgan fingerprint density at radius 3 is 2.35 bits per heavy atom. The van der Waals surface area contributed by atoms with Gasteiger partial charge in [0.15, 0.2) is 0 Å². The van der Waals surface area contributed by atoms with Crippen LogP contribution in [0, 0.1) is 0 Å². The van der Waals surface area contributed by atoms with Crippen molar-refractivity contribution in [3.8, 4) is 5.75 Å². The van der Waals surface area contributed by atoms with E-state index in [1.54, 1.807) is 37.1 Å². The summed E-state index contributed by atoms with van der Waals surface area (Å²) in [5.41, 5.74) is 1.75. The maximum atomic E-state index is 13.3. The summed E-state index contributed by atoms with van der Waals surface area (Å²) in [4.78, 5) is 28.0. The second-order valence-electron chi connectivity index (χ2n) is 8.58. The molecule has 2 amide bonds. The third-order valence-corrected chi connectivity index (χ3v) is 7.82. The average Bonchev–Trinajstić information content (AvgIpc) is 2.84. The number of hydrogen-bond donors (Lipinski definition) is 1. The highest BCUT2D eigenvalue weighted by Gasteiger charge is 2.28. The first kappa shape index (κ1) is 26.7. The third-order valence-electron chi connectivity index (χ3n) is 6.16. The quantitative estimate of drug-likeness (QED) is 0.409. The molecule has 0 unspecified atom stereocenters. The van der Waals surface area contributed by atoms with Gasteiger partial charge in [0.2, 0.25) is 11.8 Å². The van der Waals surface area contributed by atoms with E-state index in [0.29, 0.717) is 22.3 Å². The van der Waals surface area contributed by atoms with Crippen molar-refractivity contribution in [2.45, 2.75) is 63.4 Å². The number of halogens is 2. The zero-order chi connectivity index (χ0) is 24.5. The van der Waals surface area contributed by atoms with Gasteiger partial charge < -0.3 is 15.0 Å². The minimum Gasteiger partial charge on any atom is -0.497 e. The molecule has 1 saturated carbocycles. The molecule has 0 aliphatic heterocycles. The smallest absolute Gasteiger partial charge is 0.242 e. The van der Waals surface area contributed by atoms with Crippen molar-refractivity contribution in [3.63, 3.8) is 0 Å². The van der Waals surface area contributed by atoms with E-state index < -0.39 is 6.04 Å². The molecule has 0 spiro atoms. The zero-order valence-electron chi connectivity index (χ0n) is 19.7. The van der Waals surface area contributed by atoms with Crippen LogP contribution in [0.4, 0.5) is 0 Å². The number of carbonyl (C=O) groups is 2. The number of methoxy groups -OCH3 is 1. The molecule has 1 aliphatic rings. The molecule has 184 valence electrons. The minimum atomic E-state index is -0.582. The van der Waals surface area contributed by atoms with Crippen molar-refractivity contribution in [3.05, 3.63) is 63.6 Å². The van der Waals surface area contributed by atoms with Gasteiger partial charge in [-0.25, -0.2) is 0 Å². The topological polar surface area (TPSA) is 58.6 Å². The lowest BCUT2D eigenvalue weighted by Crippen LogP contribution is -2.50. The van der Waals surface area contributed by atoms with Gasteiger partial charge >= 0.3 is 0 Å². The SMILES string of the molecule is COc1ccc(CN(C(=O)CSCc2c(Cl)cccc2Cl)[C@@H](C)C(=O)NC2CCCCC2)cc1. The van der Waals surface area contributed by atoms with Crippen molar-refractivity contribution < 1.29 is 14.3 Å². The summed E-state index contributed by atoms with van der Waals surface area (Å²) in [7, 11) is 1.62. The van der Waals surface area contributed by atoms with Crippen LogP contribution in [-0.4, -0.2) is 41.7 Å². The second-order valence-corrected chi connectivity index (χ2v) is 10.4. The van der Waals surface area contributed by atoms with Gasteiger partial charge in [-0.3, -0.25) is 9.59 Å². The van der Waals surface area contributed by atoms with Crippen molar-refractivity contribution in [1.29, 1.82) is 0 Å². The molecule has 1 atom stereocenters. The summed E-state index contributed by atoms with van der Waals surface area (Å²) >= 11 is 14.0. The summed E-state index contributed by atoms with van der Waals surface area (Å²) in [6.45, 7) is 2.14. The number of rotatable bonds is 10. The molecule has 1 fully saturated rings. The van der Waals surface area contributed by atoms with Crippen LogP contribution in [0.5, 0.6) is 5.75 Å². The molecular weight excluding hydrogens is 491 g/mol. The van der Waals surface area contributed by atoms with E-state index in [4.69, 9.17) is 27.9 Å². The summed E-state index contributed by atoms with van der Waals surface area (Å²) in [6.07, 6.45) is 5.49. The fourth-order valence-electron chi connectivity index (χ4n) is 4.07. The lowest BCUT2D eigenvalue weighted by atomic mass is 9.95. The summed E-state index contributed by atoms with van der Waals surface area (Å²) in [5.74, 6) is 1.28. The number of amides is 2. The van der Waals surface area contributed by atoms with Gasteiger partial charge in [0.25, 0.3) is 0 Å². The summed E-state index contributed by atoms with van der Waals surface area (Å²) < 4.78 is 5.24. The number of thioether (sulfide) groups is 1. The Hall–Kier alpha value is -1.89. The fraction of sp³-hybridized carbons (Fsp3) is 0.462. The molecule has 3 rings (SSSR count). The molecule has 1 aliphatic carbocycles. The number of benzene rings is 2. The lowest BCUT2D eigenvalue weighted by molar-refractivity contribution is -0.139. The molecule has 34 heavy (non-hydrogen) atoms. The number of nitrogens with zero attached hydrogens (tertiary/aromatic N) is 1. The van der Waals surface area contributed by atoms with Crippen molar-refractivity contribution in [2.75, 3.05) is 12.9 Å². The Labute approximate surface area is 216 Å².